The normalized spacial score (nSPS) is 25.9. The van der Waals surface area contributed by atoms with Crippen LogP contribution >= 0.6 is 11.3 Å². The Morgan fingerprint density at radius 2 is 1.65 bits per heavy atom. The lowest BCUT2D eigenvalue weighted by Crippen LogP contribution is -2.56. The van der Waals surface area contributed by atoms with Crippen molar-refractivity contribution in [3.8, 4) is 0 Å². The van der Waals surface area contributed by atoms with Crippen molar-refractivity contribution in [2.24, 2.45) is 23.2 Å². The number of nitrogens with zero attached hydrogens (tertiary/aromatic N) is 2. The fraction of sp³-hybridized carbons (Fsp3) is 0.600. The smallest absolute Gasteiger partial charge is 0.242 e. The molecule has 1 heterocycles. The zero-order chi connectivity index (χ0) is 26.0. The lowest BCUT2D eigenvalue weighted by Gasteiger charge is -2.56. The minimum Gasteiger partial charge on any atom is -0.385 e. The summed E-state index contributed by atoms with van der Waals surface area (Å²) in [7, 11) is 1.67. The maximum atomic E-state index is 14.2. The molecule has 2 amide bonds. The first-order chi connectivity index (χ1) is 17.8. The highest BCUT2D eigenvalue weighted by molar-refractivity contribution is 7.10. The molecule has 5 nitrogen and oxygen atoms in total. The third-order valence-electron chi connectivity index (χ3n) is 8.82. The first-order valence-corrected chi connectivity index (χ1v) is 14.6. The Morgan fingerprint density at radius 3 is 2.22 bits per heavy atom. The van der Waals surface area contributed by atoms with Gasteiger partial charge in [-0.25, -0.2) is 4.39 Å². The molecule has 0 radical (unpaired) electrons. The Hall–Kier alpha value is -2.25. The van der Waals surface area contributed by atoms with E-state index in [-0.39, 0.29) is 29.6 Å². The Bertz CT molecular complexity index is 1060. The van der Waals surface area contributed by atoms with E-state index in [9.17, 15) is 14.0 Å². The summed E-state index contributed by atoms with van der Waals surface area (Å²) in [6.07, 6.45) is 7.51. The maximum absolute atomic E-state index is 14.2. The summed E-state index contributed by atoms with van der Waals surface area (Å²) in [5.41, 5.74) is 1.75. The van der Waals surface area contributed by atoms with Crippen LogP contribution in [-0.2, 0) is 27.4 Å². The second kappa shape index (κ2) is 11.2. The molecule has 4 saturated carbocycles. The SMILES string of the molecule is COCCCN(CC(=O)N(Cc1ccc(F)cc1)Cc1sccc1C)C(=O)C12CC3CC(CC(C3)C1)C2. The Morgan fingerprint density at radius 1 is 1.00 bits per heavy atom. The zero-order valence-electron chi connectivity index (χ0n) is 22.1. The van der Waals surface area contributed by atoms with Gasteiger partial charge in [-0.1, -0.05) is 12.1 Å². The first-order valence-electron chi connectivity index (χ1n) is 13.7. The summed E-state index contributed by atoms with van der Waals surface area (Å²) in [5.74, 6) is 1.84. The van der Waals surface area contributed by atoms with Gasteiger partial charge in [-0.3, -0.25) is 9.59 Å². The van der Waals surface area contributed by atoms with E-state index in [4.69, 9.17) is 4.74 Å². The van der Waals surface area contributed by atoms with E-state index in [0.717, 1.165) is 35.3 Å². The van der Waals surface area contributed by atoms with E-state index in [1.807, 2.05) is 15.2 Å². The van der Waals surface area contributed by atoms with E-state index >= 15 is 0 Å². The first kappa shape index (κ1) is 26.4. The highest BCUT2D eigenvalue weighted by atomic mass is 32.1. The van der Waals surface area contributed by atoms with Crippen LogP contribution in [0.1, 0.15) is 60.9 Å². The van der Waals surface area contributed by atoms with Crippen LogP contribution in [0.15, 0.2) is 35.7 Å². The van der Waals surface area contributed by atoms with Crippen LogP contribution in [0, 0.1) is 35.9 Å². The molecule has 6 rings (SSSR count). The molecule has 0 spiro atoms. The predicted molar refractivity (Wildman–Crippen MR) is 143 cm³/mol. The number of benzene rings is 1. The fourth-order valence-corrected chi connectivity index (χ4v) is 8.33. The number of methoxy groups -OCH3 is 1. The van der Waals surface area contributed by atoms with Gasteiger partial charge in [0.2, 0.25) is 11.8 Å². The number of carbonyl (C=O) groups excluding carboxylic acids is 2. The van der Waals surface area contributed by atoms with Gasteiger partial charge < -0.3 is 14.5 Å². The van der Waals surface area contributed by atoms with Crippen LogP contribution in [-0.4, -0.2) is 48.4 Å². The number of aryl methyl sites for hydroxylation is 1. The van der Waals surface area contributed by atoms with Gasteiger partial charge in [0.25, 0.3) is 0 Å². The maximum Gasteiger partial charge on any atom is 0.242 e. The summed E-state index contributed by atoms with van der Waals surface area (Å²) >= 11 is 1.64. The highest BCUT2D eigenvalue weighted by Crippen LogP contribution is 2.60. The van der Waals surface area contributed by atoms with Crippen molar-refractivity contribution in [3.05, 3.63) is 57.5 Å². The highest BCUT2D eigenvalue weighted by Gasteiger charge is 2.55. The van der Waals surface area contributed by atoms with Crippen LogP contribution in [0.5, 0.6) is 0 Å². The number of hydrogen-bond acceptors (Lipinski definition) is 4. The number of halogens is 1. The molecule has 0 N–H and O–H groups in total. The van der Waals surface area contributed by atoms with Crippen LogP contribution < -0.4 is 0 Å². The summed E-state index contributed by atoms with van der Waals surface area (Å²) in [6, 6.07) is 8.39. The van der Waals surface area contributed by atoms with E-state index in [2.05, 4.69) is 13.0 Å². The van der Waals surface area contributed by atoms with Crippen molar-refractivity contribution in [3.63, 3.8) is 0 Å². The number of rotatable bonds is 11. The topological polar surface area (TPSA) is 49.9 Å². The molecule has 2 aromatic rings. The number of thiophene rings is 1. The van der Waals surface area contributed by atoms with Crippen molar-refractivity contribution in [1.82, 2.24) is 9.80 Å². The summed E-state index contributed by atoms with van der Waals surface area (Å²) in [4.78, 5) is 32.8. The zero-order valence-corrected chi connectivity index (χ0v) is 22.9. The Labute approximate surface area is 224 Å². The molecular formula is C30H39FN2O3S. The van der Waals surface area contributed by atoms with Gasteiger partial charge in [0.1, 0.15) is 5.82 Å². The molecular weight excluding hydrogens is 487 g/mol. The fourth-order valence-electron chi connectivity index (χ4n) is 7.41. The molecule has 1 aromatic carbocycles. The minimum absolute atomic E-state index is 0.0624. The molecule has 1 aromatic heterocycles. The molecule has 0 saturated heterocycles. The van der Waals surface area contributed by atoms with E-state index in [0.29, 0.717) is 50.4 Å². The molecule has 37 heavy (non-hydrogen) atoms. The summed E-state index contributed by atoms with van der Waals surface area (Å²) in [5, 5.41) is 2.04. The van der Waals surface area contributed by atoms with Gasteiger partial charge >= 0.3 is 0 Å². The van der Waals surface area contributed by atoms with Crippen LogP contribution in [0.4, 0.5) is 4.39 Å². The Kier molecular flexibility index (Phi) is 8.01. The van der Waals surface area contributed by atoms with Gasteiger partial charge in [-0.05, 0) is 104 Å². The largest absolute Gasteiger partial charge is 0.385 e. The monoisotopic (exact) mass is 526 g/mol. The lowest BCUT2D eigenvalue weighted by molar-refractivity contribution is -0.160. The molecule has 4 aliphatic carbocycles. The summed E-state index contributed by atoms with van der Waals surface area (Å²) < 4.78 is 18.8. The van der Waals surface area contributed by atoms with Gasteiger partial charge in [-0.15, -0.1) is 11.3 Å². The standard InChI is InChI=1S/C30H39FN2O3S/c1-21-8-11-37-27(21)19-33(18-22-4-6-26(31)7-5-22)28(34)20-32(9-3-10-36-2)29(35)30-15-23-12-24(16-30)14-25(13-23)17-30/h4-8,11,23-25H,3,9-10,12-20H2,1-2H3. The van der Waals surface area contributed by atoms with Crippen molar-refractivity contribution in [2.45, 2.75) is 65.0 Å². The van der Waals surface area contributed by atoms with Crippen molar-refractivity contribution in [2.75, 3.05) is 26.8 Å². The quantitative estimate of drug-likeness (QED) is 0.348. The second-order valence-electron chi connectivity index (χ2n) is 11.7. The average Bonchev–Trinajstić information content (AvgIpc) is 3.27. The van der Waals surface area contributed by atoms with E-state index < -0.39 is 0 Å². The van der Waals surface area contributed by atoms with Crippen LogP contribution in [0.2, 0.25) is 0 Å². The van der Waals surface area contributed by atoms with E-state index in [1.165, 1.54) is 31.4 Å². The van der Waals surface area contributed by atoms with Crippen molar-refractivity contribution in [1.29, 1.82) is 0 Å². The lowest BCUT2D eigenvalue weighted by atomic mass is 9.49. The molecule has 0 atom stereocenters. The number of hydrogen-bond donors (Lipinski definition) is 0. The van der Waals surface area contributed by atoms with Gasteiger partial charge in [0, 0.05) is 31.7 Å². The molecule has 0 unspecified atom stereocenters. The molecule has 7 heteroatoms. The van der Waals surface area contributed by atoms with Gasteiger partial charge in [-0.2, -0.15) is 0 Å². The Balaban J connectivity index is 1.35. The predicted octanol–water partition coefficient (Wildman–Crippen LogP) is 5.81. The number of carbonyl (C=O) groups is 2. The molecule has 4 aliphatic rings. The van der Waals surface area contributed by atoms with Crippen LogP contribution in [0.3, 0.4) is 0 Å². The van der Waals surface area contributed by atoms with E-state index in [1.54, 1.807) is 30.6 Å². The molecule has 4 bridgehead atoms. The minimum atomic E-state index is -0.291. The third kappa shape index (κ3) is 5.93. The van der Waals surface area contributed by atoms with Crippen LogP contribution in [0.25, 0.3) is 0 Å². The molecule has 200 valence electrons. The second-order valence-corrected chi connectivity index (χ2v) is 12.7. The number of amides is 2. The average molecular weight is 527 g/mol. The molecule has 4 fully saturated rings. The van der Waals surface area contributed by atoms with Gasteiger partial charge in [0.05, 0.1) is 18.5 Å². The van der Waals surface area contributed by atoms with Crippen molar-refractivity contribution >= 4 is 23.2 Å². The third-order valence-corrected chi connectivity index (χ3v) is 9.83. The van der Waals surface area contributed by atoms with Crippen molar-refractivity contribution < 1.29 is 18.7 Å². The molecule has 0 aliphatic heterocycles. The number of ether oxygens (including phenoxy) is 1. The van der Waals surface area contributed by atoms with Gasteiger partial charge in [0.15, 0.2) is 0 Å². The summed E-state index contributed by atoms with van der Waals surface area (Å²) in [6.45, 7) is 4.09.